The van der Waals surface area contributed by atoms with E-state index in [2.05, 4.69) is 51.9 Å². The van der Waals surface area contributed by atoms with Crippen molar-refractivity contribution >= 4 is 16.7 Å². The Morgan fingerprint density at radius 2 is 1.97 bits per heavy atom. The predicted octanol–water partition coefficient (Wildman–Crippen LogP) is 4.13. The van der Waals surface area contributed by atoms with Crippen molar-refractivity contribution < 1.29 is 18.3 Å². The smallest absolute Gasteiger partial charge is 0.395 e. The van der Waals surface area contributed by atoms with Crippen molar-refractivity contribution in [3.63, 3.8) is 0 Å². The van der Waals surface area contributed by atoms with Gasteiger partial charge in [-0.2, -0.15) is 5.10 Å². The van der Waals surface area contributed by atoms with Crippen molar-refractivity contribution in [2.45, 2.75) is 65.1 Å². The van der Waals surface area contributed by atoms with Crippen molar-refractivity contribution in [3.05, 3.63) is 46.4 Å². The van der Waals surface area contributed by atoms with E-state index < -0.39 is 6.29 Å². The Bertz CT molecular complexity index is 1450. The summed E-state index contributed by atoms with van der Waals surface area (Å²) < 4.78 is 39.7. The average Bonchev–Trinajstić information content (AvgIpc) is 3.43. The first kappa shape index (κ1) is 25.1. The summed E-state index contributed by atoms with van der Waals surface area (Å²) in [6, 6.07) is 6.89. The molecule has 1 fully saturated rings. The van der Waals surface area contributed by atoms with Crippen molar-refractivity contribution in [3.8, 4) is 23.3 Å². The van der Waals surface area contributed by atoms with E-state index in [0.29, 0.717) is 13.1 Å². The van der Waals surface area contributed by atoms with Crippen LogP contribution < -0.4 is 19.9 Å². The molecular formula is C27H31F2N5O3. The molecular weight excluding hydrogens is 480 g/mol. The molecule has 0 amide bonds. The van der Waals surface area contributed by atoms with Crippen molar-refractivity contribution in [1.82, 2.24) is 19.2 Å². The lowest BCUT2D eigenvalue weighted by atomic mass is 9.98. The molecule has 2 aliphatic rings. The zero-order chi connectivity index (χ0) is 26.5. The van der Waals surface area contributed by atoms with Crippen molar-refractivity contribution in [2.75, 3.05) is 18.0 Å². The number of hydrogen-bond donors (Lipinski definition) is 0. The maximum absolute atomic E-state index is 13.5. The van der Waals surface area contributed by atoms with Gasteiger partial charge in [0.25, 0.3) is 5.56 Å². The number of pyridine rings is 1. The second kappa shape index (κ2) is 9.38. The van der Waals surface area contributed by atoms with Crippen LogP contribution in [0.1, 0.15) is 45.7 Å². The number of aromatic nitrogens is 3. The molecule has 0 radical (unpaired) electrons. The van der Waals surface area contributed by atoms with Gasteiger partial charge in [-0.25, -0.2) is 0 Å². The first-order valence-corrected chi connectivity index (χ1v) is 12.5. The van der Waals surface area contributed by atoms with Crippen LogP contribution in [0.3, 0.4) is 0 Å². The van der Waals surface area contributed by atoms with Crippen LogP contribution in [0.5, 0.6) is 11.5 Å². The fourth-order valence-electron chi connectivity index (χ4n) is 5.35. The van der Waals surface area contributed by atoms with E-state index in [4.69, 9.17) is 5.10 Å². The average molecular weight is 512 g/mol. The third-order valence-electron chi connectivity index (χ3n) is 7.42. The Kier molecular flexibility index (Phi) is 6.36. The summed E-state index contributed by atoms with van der Waals surface area (Å²) in [5.41, 5.74) is 3.17. The number of aryl methyl sites for hydroxylation is 1. The molecule has 0 N–H and O–H groups in total. The number of piperazine rings is 1. The van der Waals surface area contributed by atoms with E-state index in [0.717, 1.165) is 35.2 Å². The standard InChI is InChI=1S/C27H31F2N5O3/c1-6-8-11-32-16-22-26(30-32)21(13-25(35)31(22)5)33-15-20(7-2)34(14-17(33)3)18(4)19-9-10-23-24(12-19)37-27(28,29)36-23/h9-10,12-13,16-18,20H,7,11,14-15H2,1-5H3/t17-,18?,20+/m0/s1. The Morgan fingerprint density at radius 3 is 2.70 bits per heavy atom. The van der Waals surface area contributed by atoms with E-state index in [1.165, 1.54) is 0 Å². The topological polar surface area (TPSA) is 64.8 Å². The molecule has 4 heterocycles. The van der Waals surface area contributed by atoms with E-state index in [1.54, 1.807) is 41.4 Å². The van der Waals surface area contributed by atoms with Crippen LogP contribution in [0.4, 0.5) is 14.5 Å². The van der Waals surface area contributed by atoms with E-state index in [1.807, 2.05) is 12.3 Å². The molecule has 0 spiro atoms. The van der Waals surface area contributed by atoms with E-state index in [9.17, 15) is 13.6 Å². The molecule has 0 bridgehead atoms. The minimum Gasteiger partial charge on any atom is -0.395 e. The highest BCUT2D eigenvalue weighted by molar-refractivity contribution is 5.88. The normalized spacial score (nSPS) is 21.6. The van der Waals surface area contributed by atoms with E-state index >= 15 is 0 Å². The molecule has 8 nitrogen and oxygen atoms in total. The monoisotopic (exact) mass is 511 g/mol. The molecule has 2 aliphatic heterocycles. The van der Waals surface area contributed by atoms with Gasteiger partial charge >= 0.3 is 6.29 Å². The quantitative estimate of drug-likeness (QED) is 0.480. The number of hydrogen-bond acceptors (Lipinski definition) is 6. The number of benzene rings is 1. The van der Waals surface area contributed by atoms with Crippen LogP contribution >= 0.6 is 0 Å². The molecule has 1 aromatic carbocycles. The maximum atomic E-state index is 13.5. The fourth-order valence-corrected chi connectivity index (χ4v) is 5.35. The number of halogens is 2. The van der Waals surface area contributed by atoms with Crippen LogP contribution in [-0.2, 0) is 13.6 Å². The van der Waals surface area contributed by atoms with Gasteiger partial charge in [0, 0.05) is 44.3 Å². The SMILES string of the molecule is CC#CCn1cc2c(n1)c(N1C[C@@H](CC)N(C(C)c3ccc4c(c3)OC(F)(F)O4)C[C@@H]1C)cc(=O)n2C. The lowest BCUT2D eigenvalue weighted by Crippen LogP contribution is -2.58. The predicted molar refractivity (Wildman–Crippen MR) is 137 cm³/mol. The van der Waals surface area contributed by atoms with Crippen LogP contribution in [0.2, 0.25) is 0 Å². The second-order valence-electron chi connectivity index (χ2n) is 9.72. The van der Waals surface area contributed by atoms with Gasteiger partial charge in [0.1, 0.15) is 12.1 Å². The molecule has 0 saturated carbocycles. The molecule has 3 atom stereocenters. The molecule has 3 aromatic rings. The van der Waals surface area contributed by atoms with Crippen molar-refractivity contribution in [2.24, 2.45) is 7.05 Å². The fraction of sp³-hybridized carbons (Fsp3) is 0.481. The van der Waals surface area contributed by atoms with Gasteiger partial charge in [-0.1, -0.05) is 18.9 Å². The van der Waals surface area contributed by atoms with Crippen LogP contribution in [0.25, 0.3) is 11.0 Å². The van der Waals surface area contributed by atoms with Gasteiger partial charge in [0.2, 0.25) is 0 Å². The summed E-state index contributed by atoms with van der Waals surface area (Å²) in [6.07, 6.45) is -0.886. The third kappa shape index (κ3) is 4.53. The van der Waals surface area contributed by atoms with Crippen LogP contribution in [-0.4, -0.2) is 50.7 Å². The summed E-state index contributed by atoms with van der Waals surface area (Å²) in [4.78, 5) is 17.5. The Hall–Kier alpha value is -3.58. The lowest BCUT2D eigenvalue weighted by Gasteiger charge is -2.48. The zero-order valence-electron chi connectivity index (χ0n) is 21.7. The minimum absolute atomic E-state index is 0.0341. The largest absolute Gasteiger partial charge is 0.586 e. The van der Waals surface area contributed by atoms with Gasteiger partial charge < -0.3 is 18.9 Å². The van der Waals surface area contributed by atoms with Gasteiger partial charge in [-0.15, -0.1) is 14.7 Å². The Labute approximate surface area is 214 Å². The summed E-state index contributed by atoms with van der Waals surface area (Å²) in [7, 11) is 1.76. The third-order valence-corrected chi connectivity index (χ3v) is 7.42. The van der Waals surface area contributed by atoms with E-state index in [-0.39, 0.29) is 35.2 Å². The van der Waals surface area contributed by atoms with Gasteiger partial charge in [0.05, 0.1) is 17.4 Å². The van der Waals surface area contributed by atoms with Crippen LogP contribution in [0.15, 0.2) is 35.3 Å². The molecule has 196 valence electrons. The number of nitrogens with zero attached hydrogens (tertiary/aromatic N) is 5. The van der Waals surface area contributed by atoms with Gasteiger partial charge in [-0.05, 0) is 44.9 Å². The summed E-state index contributed by atoms with van der Waals surface area (Å²) >= 11 is 0. The summed E-state index contributed by atoms with van der Waals surface area (Å²) in [5.74, 6) is 6.01. The molecule has 10 heteroatoms. The van der Waals surface area contributed by atoms with Crippen LogP contribution in [0, 0.1) is 11.8 Å². The number of ether oxygens (including phenoxy) is 2. The summed E-state index contributed by atoms with van der Waals surface area (Å²) in [5, 5.41) is 4.77. The molecule has 1 saturated heterocycles. The zero-order valence-corrected chi connectivity index (χ0v) is 21.7. The van der Waals surface area contributed by atoms with Gasteiger partial charge in [-0.3, -0.25) is 14.4 Å². The highest BCUT2D eigenvalue weighted by Crippen LogP contribution is 2.43. The van der Waals surface area contributed by atoms with Gasteiger partial charge in [0.15, 0.2) is 11.5 Å². The Balaban J connectivity index is 1.44. The molecule has 0 aliphatic carbocycles. The number of anilines is 1. The number of rotatable bonds is 5. The highest BCUT2D eigenvalue weighted by atomic mass is 19.3. The minimum atomic E-state index is -3.63. The lowest BCUT2D eigenvalue weighted by molar-refractivity contribution is -0.286. The first-order chi connectivity index (χ1) is 17.6. The Morgan fingerprint density at radius 1 is 1.22 bits per heavy atom. The molecule has 5 rings (SSSR count). The molecule has 2 aromatic heterocycles. The van der Waals surface area contributed by atoms with Crippen molar-refractivity contribution in [1.29, 1.82) is 0 Å². The maximum Gasteiger partial charge on any atom is 0.586 e. The molecule has 37 heavy (non-hydrogen) atoms. The number of alkyl halides is 2. The second-order valence-corrected chi connectivity index (χ2v) is 9.72. The summed E-state index contributed by atoms with van der Waals surface area (Å²) in [6.45, 7) is 10.0. The number of fused-ring (bicyclic) bond motifs is 2. The first-order valence-electron chi connectivity index (χ1n) is 12.5. The highest BCUT2D eigenvalue weighted by Gasteiger charge is 2.44. The molecule has 1 unspecified atom stereocenters.